The summed E-state index contributed by atoms with van der Waals surface area (Å²) in [5.41, 5.74) is 3.73. The van der Waals surface area contributed by atoms with Crippen molar-refractivity contribution in [3.8, 4) is 11.5 Å². The van der Waals surface area contributed by atoms with Crippen molar-refractivity contribution in [1.29, 1.82) is 0 Å². The van der Waals surface area contributed by atoms with Crippen molar-refractivity contribution in [2.45, 2.75) is 0 Å². The third kappa shape index (κ3) is 2.47. The molecular formula is C30H19BO. The summed E-state index contributed by atoms with van der Waals surface area (Å²) in [6.07, 6.45) is 0. The van der Waals surface area contributed by atoms with Crippen LogP contribution in [-0.2, 0) is 0 Å². The Hall–Kier alpha value is -4.04. The Labute approximate surface area is 187 Å². The maximum Gasteiger partial charge on any atom is 0.250 e. The normalized spacial score (nSPS) is 12.6. The Kier molecular flexibility index (Phi) is 3.71. The molecule has 148 valence electrons. The van der Waals surface area contributed by atoms with Crippen molar-refractivity contribution >= 4 is 55.4 Å². The third-order valence-corrected chi connectivity index (χ3v) is 6.77. The summed E-state index contributed by atoms with van der Waals surface area (Å²) in [5.74, 6) is 1.89. The van der Waals surface area contributed by atoms with Crippen molar-refractivity contribution in [1.82, 2.24) is 0 Å². The maximum absolute atomic E-state index is 6.50. The van der Waals surface area contributed by atoms with E-state index in [-0.39, 0.29) is 6.71 Å². The second-order valence-electron chi connectivity index (χ2n) is 8.51. The molecule has 0 spiro atoms. The first-order valence-electron chi connectivity index (χ1n) is 11.1. The van der Waals surface area contributed by atoms with E-state index in [1.165, 1.54) is 48.7 Å². The Bertz CT molecular complexity index is 1650. The molecule has 1 nitrogen and oxygen atoms in total. The van der Waals surface area contributed by atoms with Gasteiger partial charge in [0, 0.05) is 0 Å². The quantitative estimate of drug-likeness (QED) is 0.249. The Balaban J connectivity index is 1.63. The van der Waals surface area contributed by atoms with Crippen LogP contribution in [-0.4, -0.2) is 6.71 Å². The van der Waals surface area contributed by atoms with Crippen LogP contribution in [0.3, 0.4) is 0 Å². The Morgan fingerprint density at radius 1 is 0.406 bits per heavy atom. The number of ether oxygens (including phenoxy) is 1. The van der Waals surface area contributed by atoms with Crippen LogP contribution in [0.2, 0.25) is 0 Å². The first-order chi connectivity index (χ1) is 15.9. The number of para-hydroxylation sites is 1. The monoisotopic (exact) mass is 406 g/mol. The molecule has 32 heavy (non-hydrogen) atoms. The van der Waals surface area contributed by atoms with Crippen LogP contribution in [0, 0.1) is 0 Å². The van der Waals surface area contributed by atoms with Gasteiger partial charge in [-0.1, -0.05) is 109 Å². The molecule has 0 radical (unpaired) electrons. The smallest absolute Gasteiger partial charge is 0.250 e. The summed E-state index contributed by atoms with van der Waals surface area (Å²) in [4.78, 5) is 0. The van der Waals surface area contributed by atoms with Crippen molar-refractivity contribution < 1.29 is 4.74 Å². The van der Waals surface area contributed by atoms with Crippen LogP contribution < -0.4 is 21.1 Å². The predicted octanol–water partition coefficient (Wildman–Crippen LogP) is 5.77. The van der Waals surface area contributed by atoms with Crippen LogP contribution in [0.5, 0.6) is 11.5 Å². The SMILES string of the molecule is c1ccc(B2c3ccccc3Oc3cc4c5ccccc5c5ccccc5c4cc32)cc1. The maximum atomic E-state index is 6.50. The predicted molar refractivity (Wildman–Crippen MR) is 137 cm³/mol. The fraction of sp³-hybridized carbons (Fsp3) is 0. The minimum Gasteiger partial charge on any atom is -0.458 e. The minimum atomic E-state index is 0.144. The number of fused-ring (bicyclic) bond motifs is 8. The van der Waals surface area contributed by atoms with Gasteiger partial charge in [-0.05, 0) is 55.4 Å². The van der Waals surface area contributed by atoms with E-state index < -0.39 is 0 Å². The Morgan fingerprint density at radius 3 is 1.62 bits per heavy atom. The van der Waals surface area contributed by atoms with E-state index in [0.29, 0.717) is 0 Å². The zero-order valence-electron chi connectivity index (χ0n) is 17.5. The van der Waals surface area contributed by atoms with E-state index in [1.54, 1.807) is 0 Å². The second kappa shape index (κ2) is 6.73. The molecule has 0 saturated heterocycles. The molecule has 1 heterocycles. The molecule has 0 amide bonds. The van der Waals surface area contributed by atoms with E-state index >= 15 is 0 Å². The molecule has 0 unspecified atom stereocenters. The van der Waals surface area contributed by atoms with Gasteiger partial charge < -0.3 is 4.74 Å². The molecule has 0 aromatic heterocycles. The van der Waals surface area contributed by atoms with Gasteiger partial charge in [-0.25, -0.2) is 0 Å². The topological polar surface area (TPSA) is 9.23 Å². The molecule has 6 aromatic carbocycles. The molecule has 1 aliphatic rings. The lowest BCUT2D eigenvalue weighted by molar-refractivity contribution is 0.488. The van der Waals surface area contributed by atoms with Gasteiger partial charge in [-0.15, -0.1) is 0 Å². The zero-order chi connectivity index (χ0) is 21.1. The van der Waals surface area contributed by atoms with Crippen molar-refractivity contribution in [2.75, 3.05) is 0 Å². The van der Waals surface area contributed by atoms with E-state index in [0.717, 1.165) is 11.5 Å². The van der Waals surface area contributed by atoms with Gasteiger partial charge in [0.2, 0.25) is 0 Å². The highest BCUT2D eigenvalue weighted by atomic mass is 16.5. The van der Waals surface area contributed by atoms with Gasteiger partial charge in [-0.2, -0.15) is 0 Å². The van der Waals surface area contributed by atoms with Crippen molar-refractivity contribution in [3.63, 3.8) is 0 Å². The molecule has 0 atom stereocenters. The second-order valence-corrected chi connectivity index (χ2v) is 8.51. The summed E-state index contributed by atoms with van der Waals surface area (Å²) >= 11 is 0. The third-order valence-electron chi connectivity index (χ3n) is 6.77. The summed E-state index contributed by atoms with van der Waals surface area (Å²) in [6.45, 7) is 0.144. The molecule has 0 N–H and O–H groups in total. The van der Waals surface area contributed by atoms with Gasteiger partial charge in [0.05, 0.1) is 0 Å². The highest BCUT2D eigenvalue weighted by molar-refractivity contribution is 6.97. The lowest BCUT2D eigenvalue weighted by atomic mass is 9.36. The van der Waals surface area contributed by atoms with Gasteiger partial charge in [0.15, 0.2) is 0 Å². The van der Waals surface area contributed by atoms with E-state index in [4.69, 9.17) is 4.74 Å². The number of rotatable bonds is 1. The van der Waals surface area contributed by atoms with Gasteiger partial charge in [-0.3, -0.25) is 0 Å². The van der Waals surface area contributed by atoms with E-state index in [2.05, 4.69) is 115 Å². The van der Waals surface area contributed by atoms with Gasteiger partial charge >= 0.3 is 0 Å². The molecule has 7 rings (SSSR count). The summed E-state index contributed by atoms with van der Waals surface area (Å²) < 4.78 is 6.50. The first kappa shape index (κ1) is 17.6. The molecule has 0 saturated carbocycles. The minimum absolute atomic E-state index is 0.144. The standard InChI is InChI=1S/C30H19BO/c1-2-10-20(11-3-1)31-27-16-8-9-17-29(27)32-30-19-26-24-15-7-5-13-22(24)21-12-4-6-14-23(21)25(26)18-28(30)31/h1-19H. The van der Waals surface area contributed by atoms with Crippen molar-refractivity contribution in [2.24, 2.45) is 0 Å². The summed E-state index contributed by atoms with van der Waals surface area (Å²) in [6, 6.07) is 41.3. The highest BCUT2D eigenvalue weighted by Gasteiger charge is 2.32. The van der Waals surface area contributed by atoms with Crippen LogP contribution in [0.4, 0.5) is 0 Å². The average molecular weight is 406 g/mol. The molecular weight excluding hydrogens is 387 g/mol. The lowest BCUT2D eigenvalue weighted by Gasteiger charge is -2.27. The molecule has 2 heteroatoms. The Morgan fingerprint density at radius 2 is 0.938 bits per heavy atom. The average Bonchev–Trinajstić information content (AvgIpc) is 2.87. The van der Waals surface area contributed by atoms with Crippen molar-refractivity contribution in [3.05, 3.63) is 115 Å². The van der Waals surface area contributed by atoms with E-state index in [9.17, 15) is 0 Å². The van der Waals surface area contributed by atoms with Gasteiger partial charge in [0.1, 0.15) is 11.5 Å². The van der Waals surface area contributed by atoms with Gasteiger partial charge in [0.25, 0.3) is 6.71 Å². The van der Waals surface area contributed by atoms with Crippen LogP contribution >= 0.6 is 0 Å². The summed E-state index contributed by atoms with van der Waals surface area (Å²) in [7, 11) is 0. The largest absolute Gasteiger partial charge is 0.458 e. The number of benzene rings is 6. The fourth-order valence-electron chi connectivity index (χ4n) is 5.36. The fourth-order valence-corrected chi connectivity index (χ4v) is 5.36. The highest BCUT2D eigenvalue weighted by Crippen LogP contribution is 2.37. The molecule has 0 aliphatic carbocycles. The van der Waals surface area contributed by atoms with Crippen LogP contribution in [0.25, 0.3) is 32.3 Å². The lowest BCUT2D eigenvalue weighted by Crippen LogP contribution is -2.54. The number of hydrogen-bond acceptors (Lipinski definition) is 1. The molecule has 6 aromatic rings. The first-order valence-corrected chi connectivity index (χ1v) is 11.1. The zero-order valence-corrected chi connectivity index (χ0v) is 17.5. The molecule has 1 aliphatic heterocycles. The van der Waals surface area contributed by atoms with E-state index in [1.807, 2.05) is 0 Å². The van der Waals surface area contributed by atoms with Crippen LogP contribution in [0.15, 0.2) is 115 Å². The molecule has 0 bridgehead atoms. The summed E-state index contributed by atoms with van der Waals surface area (Å²) in [5, 5.41) is 7.65. The number of hydrogen-bond donors (Lipinski definition) is 0. The van der Waals surface area contributed by atoms with Crippen LogP contribution in [0.1, 0.15) is 0 Å². The molecule has 0 fully saturated rings.